The molecule has 1 aliphatic heterocycles. The summed E-state index contributed by atoms with van der Waals surface area (Å²) in [7, 11) is -1.70. The van der Waals surface area contributed by atoms with Crippen LogP contribution in [0.5, 0.6) is 0 Å². The predicted octanol–water partition coefficient (Wildman–Crippen LogP) is 1.96. The van der Waals surface area contributed by atoms with E-state index >= 15 is 0 Å². The molecule has 6 nitrogen and oxygen atoms in total. The number of rotatable bonds is 4. The number of hydrogen-bond acceptors (Lipinski definition) is 5. The zero-order valence-corrected chi connectivity index (χ0v) is 13.3. The van der Waals surface area contributed by atoms with Crippen LogP contribution < -0.4 is 5.32 Å². The number of nitrogens with zero attached hydrogens (tertiary/aromatic N) is 3. The summed E-state index contributed by atoms with van der Waals surface area (Å²) in [4.78, 5) is 8.97. The van der Waals surface area contributed by atoms with E-state index in [4.69, 9.17) is 0 Å². The van der Waals surface area contributed by atoms with E-state index < -0.39 is 10.0 Å². The fraction of sp³-hybridized carbons (Fsp3) is 0.333. The van der Waals surface area contributed by atoms with Gasteiger partial charge in [0.15, 0.2) is 0 Å². The second-order valence-electron chi connectivity index (χ2n) is 5.21. The lowest BCUT2D eigenvalue weighted by molar-refractivity contribution is 0.197. The van der Waals surface area contributed by atoms with Crippen LogP contribution in [0.25, 0.3) is 0 Å². The molecule has 1 fully saturated rings. The number of sulfonamides is 1. The van der Waals surface area contributed by atoms with Gasteiger partial charge in [0.05, 0.1) is 16.6 Å². The third kappa shape index (κ3) is 2.57. The molecule has 0 unspecified atom stereocenters. The quantitative estimate of drug-likeness (QED) is 0.933. The van der Waals surface area contributed by atoms with Crippen molar-refractivity contribution >= 4 is 15.8 Å². The number of anilines is 1. The molecule has 2 aromatic rings. The molecule has 0 saturated carbocycles. The van der Waals surface area contributed by atoms with E-state index in [-0.39, 0.29) is 6.04 Å². The summed E-state index contributed by atoms with van der Waals surface area (Å²) in [5, 5.41) is 2.98. The lowest BCUT2D eigenvalue weighted by Crippen LogP contribution is -2.45. The maximum atomic E-state index is 12.7. The van der Waals surface area contributed by atoms with Crippen molar-refractivity contribution in [3.8, 4) is 0 Å². The molecule has 7 heteroatoms. The first-order valence-electron chi connectivity index (χ1n) is 7.12. The molecule has 1 N–H and O–H groups in total. The molecule has 1 saturated heterocycles. The van der Waals surface area contributed by atoms with Crippen molar-refractivity contribution in [1.29, 1.82) is 0 Å². The van der Waals surface area contributed by atoms with E-state index in [2.05, 4.69) is 15.3 Å². The van der Waals surface area contributed by atoms with Crippen molar-refractivity contribution in [3.05, 3.63) is 47.9 Å². The van der Waals surface area contributed by atoms with Gasteiger partial charge in [-0.25, -0.2) is 18.4 Å². The van der Waals surface area contributed by atoms with Crippen molar-refractivity contribution in [2.75, 3.05) is 18.9 Å². The summed E-state index contributed by atoms with van der Waals surface area (Å²) in [6, 6.07) is 10.1. The van der Waals surface area contributed by atoms with Gasteiger partial charge >= 0.3 is 0 Å². The average molecular weight is 318 g/mol. The minimum Gasteiger partial charge on any atom is -0.373 e. The number of aryl methyl sites for hydroxylation is 1. The second kappa shape index (κ2) is 5.66. The highest BCUT2D eigenvalue weighted by atomic mass is 32.2. The molecule has 0 amide bonds. The first-order chi connectivity index (χ1) is 10.5. The van der Waals surface area contributed by atoms with Gasteiger partial charge in [-0.3, -0.25) is 0 Å². The Kier molecular flexibility index (Phi) is 3.84. The SMILES string of the molecule is CNc1cc([C@H]2CCN2S(=O)(=O)c2ccccc2)nc(C)n1. The molecule has 1 aromatic carbocycles. The number of hydrogen-bond donors (Lipinski definition) is 1. The largest absolute Gasteiger partial charge is 0.373 e. The topological polar surface area (TPSA) is 75.2 Å². The van der Waals surface area contributed by atoms with Gasteiger partial charge in [-0.05, 0) is 25.5 Å². The third-order valence-corrected chi connectivity index (χ3v) is 5.70. The molecular weight excluding hydrogens is 300 g/mol. The highest BCUT2D eigenvalue weighted by Crippen LogP contribution is 2.37. The minimum absolute atomic E-state index is 0.223. The Labute approximate surface area is 130 Å². The van der Waals surface area contributed by atoms with Gasteiger partial charge in [0, 0.05) is 19.7 Å². The molecule has 0 radical (unpaired) electrons. The van der Waals surface area contributed by atoms with Crippen LogP contribution in [0.4, 0.5) is 5.82 Å². The van der Waals surface area contributed by atoms with Gasteiger partial charge in [-0.2, -0.15) is 4.31 Å². The first kappa shape index (κ1) is 14.9. The molecule has 22 heavy (non-hydrogen) atoms. The average Bonchev–Trinajstić information content (AvgIpc) is 2.46. The Morgan fingerprint density at radius 1 is 1.23 bits per heavy atom. The van der Waals surface area contributed by atoms with Gasteiger partial charge in [0.2, 0.25) is 10.0 Å². The molecule has 1 aromatic heterocycles. The minimum atomic E-state index is -3.48. The Bertz CT molecular complexity index is 777. The van der Waals surface area contributed by atoms with Crippen molar-refractivity contribution in [2.45, 2.75) is 24.3 Å². The zero-order valence-electron chi connectivity index (χ0n) is 12.5. The van der Waals surface area contributed by atoms with Gasteiger partial charge < -0.3 is 5.32 Å². The molecule has 1 aliphatic rings. The van der Waals surface area contributed by atoms with Crippen LogP contribution in [0.15, 0.2) is 41.3 Å². The molecule has 0 bridgehead atoms. The maximum absolute atomic E-state index is 12.7. The van der Waals surface area contributed by atoms with E-state index in [1.54, 1.807) is 44.3 Å². The highest BCUT2D eigenvalue weighted by molar-refractivity contribution is 7.89. The van der Waals surface area contributed by atoms with Crippen LogP contribution in [-0.4, -0.2) is 36.3 Å². The van der Waals surface area contributed by atoms with Crippen molar-refractivity contribution in [1.82, 2.24) is 14.3 Å². The molecule has 1 atom stereocenters. The predicted molar refractivity (Wildman–Crippen MR) is 84.0 cm³/mol. The van der Waals surface area contributed by atoms with E-state index in [0.717, 1.165) is 12.1 Å². The molecule has 3 rings (SSSR count). The van der Waals surface area contributed by atoms with E-state index in [9.17, 15) is 8.42 Å². The van der Waals surface area contributed by atoms with Crippen LogP contribution in [0.2, 0.25) is 0 Å². The summed E-state index contributed by atoms with van der Waals surface area (Å²) in [6.07, 6.45) is 0.770. The standard InChI is InChI=1S/C15H18N4O2S/c1-11-17-13(10-15(16-2)18-11)14-8-9-19(14)22(20,21)12-6-4-3-5-7-12/h3-7,10,14H,8-9H2,1-2H3,(H,16,17,18)/t14-/m1/s1. The summed E-state index contributed by atoms with van der Waals surface area (Å²) in [6.45, 7) is 2.32. The lowest BCUT2D eigenvalue weighted by Gasteiger charge is -2.39. The first-order valence-corrected chi connectivity index (χ1v) is 8.56. The van der Waals surface area contributed by atoms with E-state index in [0.29, 0.717) is 23.1 Å². The summed E-state index contributed by atoms with van der Waals surface area (Å²) < 4.78 is 26.9. The fourth-order valence-corrected chi connectivity index (χ4v) is 4.23. The molecule has 2 heterocycles. The Morgan fingerprint density at radius 2 is 1.95 bits per heavy atom. The highest BCUT2D eigenvalue weighted by Gasteiger charge is 2.40. The van der Waals surface area contributed by atoms with Crippen LogP contribution in [0.1, 0.15) is 24.0 Å². The van der Waals surface area contributed by atoms with Crippen LogP contribution in [0, 0.1) is 6.92 Å². The van der Waals surface area contributed by atoms with Crippen molar-refractivity contribution in [3.63, 3.8) is 0 Å². The number of aromatic nitrogens is 2. The Balaban J connectivity index is 1.93. The van der Waals surface area contributed by atoms with E-state index in [1.165, 1.54) is 4.31 Å². The van der Waals surface area contributed by atoms with Gasteiger partial charge in [-0.15, -0.1) is 0 Å². The van der Waals surface area contributed by atoms with Gasteiger partial charge in [-0.1, -0.05) is 18.2 Å². The third-order valence-electron chi connectivity index (χ3n) is 3.78. The summed E-state index contributed by atoms with van der Waals surface area (Å²) in [5.41, 5.74) is 0.739. The zero-order chi connectivity index (χ0) is 15.7. The van der Waals surface area contributed by atoms with Crippen LogP contribution >= 0.6 is 0 Å². The Hall–Kier alpha value is -1.99. The fourth-order valence-electron chi connectivity index (χ4n) is 2.56. The molecule has 0 spiro atoms. The number of benzene rings is 1. The van der Waals surface area contributed by atoms with Gasteiger partial charge in [0.1, 0.15) is 11.6 Å². The smallest absolute Gasteiger partial charge is 0.243 e. The van der Waals surface area contributed by atoms with Crippen molar-refractivity contribution < 1.29 is 8.42 Å². The summed E-state index contributed by atoms with van der Waals surface area (Å²) in [5.74, 6) is 1.33. The molecule has 0 aliphatic carbocycles. The van der Waals surface area contributed by atoms with Crippen LogP contribution in [0.3, 0.4) is 0 Å². The van der Waals surface area contributed by atoms with Gasteiger partial charge in [0.25, 0.3) is 0 Å². The second-order valence-corrected chi connectivity index (χ2v) is 7.10. The monoisotopic (exact) mass is 318 g/mol. The summed E-state index contributed by atoms with van der Waals surface area (Å²) >= 11 is 0. The molecular formula is C15H18N4O2S. The number of nitrogens with one attached hydrogen (secondary N) is 1. The van der Waals surface area contributed by atoms with Crippen LogP contribution in [-0.2, 0) is 10.0 Å². The molecule has 116 valence electrons. The Morgan fingerprint density at radius 3 is 2.55 bits per heavy atom. The van der Waals surface area contributed by atoms with Crippen molar-refractivity contribution in [2.24, 2.45) is 0 Å². The maximum Gasteiger partial charge on any atom is 0.243 e. The lowest BCUT2D eigenvalue weighted by atomic mass is 10.0. The normalized spacial score (nSPS) is 18.7. The van der Waals surface area contributed by atoms with E-state index in [1.807, 2.05) is 6.07 Å².